The molecular formula is C18H28ClN3O2. The van der Waals surface area contributed by atoms with Crippen LogP contribution < -0.4 is 16.4 Å². The molecule has 134 valence electrons. The average molecular weight is 354 g/mol. The quantitative estimate of drug-likeness (QED) is 0.756. The molecule has 1 aliphatic rings. The van der Waals surface area contributed by atoms with Crippen molar-refractivity contribution >= 4 is 35.6 Å². The van der Waals surface area contributed by atoms with Crippen LogP contribution in [0.5, 0.6) is 0 Å². The summed E-state index contributed by atoms with van der Waals surface area (Å²) in [5.41, 5.74) is 8.54. The number of nitrogens with one attached hydrogen (secondary N) is 2. The standard InChI is InChI=1S/C18H27N3O2.ClH/c1-3-17(22)20-14-9-8-12(2)16(11-14)21-18(23)10-13-6-4-5-7-15(13)19;/h8-9,11,13,15H,3-7,10,19H2,1-2H3,(H,20,22)(H,21,23);1H. The Morgan fingerprint density at radius 3 is 2.54 bits per heavy atom. The second kappa shape index (κ2) is 9.64. The molecule has 2 rings (SSSR count). The van der Waals surface area contributed by atoms with Gasteiger partial charge in [0.15, 0.2) is 0 Å². The number of hydrogen-bond acceptors (Lipinski definition) is 3. The molecule has 24 heavy (non-hydrogen) atoms. The molecule has 0 heterocycles. The zero-order valence-electron chi connectivity index (χ0n) is 14.4. The predicted molar refractivity (Wildman–Crippen MR) is 101 cm³/mol. The third-order valence-corrected chi connectivity index (χ3v) is 4.53. The van der Waals surface area contributed by atoms with Crippen molar-refractivity contribution in [3.63, 3.8) is 0 Å². The van der Waals surface area contributed by atoms with E-state index in [2.05, 4.69) is 10.6 Å². The van der Waals surface area contributed by atoms with Gasteiger partial charge in [-0.25, -0.2) is 0 Å². The van der Waals surface area contributed by atoms with Crippen molar-refractivity contribution < 1.29 is 9.59 Å². The van der Waals surface area contributed by atoms with E-state index in [9.17, 15) is 9.59 Å². The number of anilines is 2. The lowest BCUT2D eigenvalue weighted by molar-refractivity contribution is -0.117. The number of halogens is 1. The molecule has 0 aliphatic heterocycles. The summed E-state index contributed by atoms with van der Waals surface area (Å²) in [6.07, 6.45) is 5.25. The lowest BCUT2D eigenvalue weighted by Gasteiger charge is -2.28. The van der Waals surface area contributed by atoms with Crippen LogP contribution in [0.15, 0.2) is 18.2 Å². The van der Waals surface area contributed by atoms with Crippen LogP contribution in [0.3, 0.4) is 0 Å². The molecule has 2 atom stereocenters. The molecule has 4 N–H and O–H groups in total. The fourth-order valence-electron chi connectivity index (χ4n) is 3.01. The van der Waals surface area contributed by atoms with E-state index in [0.717, 1.165) is 36.9 Å². The predicted octanol–water partition coefficient (Wildman–Crippen LogP) is 3.61. The summed E-state index contributed by atoms with van der Waals surface area (Å²) in [5, 5.41) is 5.77. The minimum Gasteiger partial charge on any atom is -0.327 e. The molecule has 1 fully saturated rings. The second-order valence-electron chi connectivity index (χ2n) is 6.39. The minimum absolute atomic E-state index is 0. The summed E-state index contributed by atoms with van der Waals surface area (Å²) in [6.45, 7) is 3.74. The topological polar surface area (TPSA) is 84.2 Å². The van der Waals surface area contributed by atoms with E-state index >= 15 is 0 Å². The first-order valence-corrected chi connectivity index (χ1v) is 8.45. The Kier molecular flexibility index (Phi) is 8.22. The Morgan fingerprint density at radius 2 is 1.88 bits per heavy atom. The Morgan fingerprint density at radius 1 is 1.17 bits per heavy atom. The molecule has 0 aromatic heterocycles. The van der Waals surface area contributed by atoms with Crippen LogP contribution in [0.4, 0.5) is 11.4 Å². The van der Waals surface area contributed by atoms with Gasteiger partial charge < -0.3 is 16.4 Å². The Hall–Kier alpha value is -1.59. The molecular weight excluding hydrogens is 326 g/mol. The Bertz CT molecular complexity index is 577. The molecule has 5 nitrogen and oxygen atoms in total. The molecule has 1 aromatic rings. The van der Waals surface area contributed by atoms with Crippen molar-refractivity contribution in [2.75, 3.05) is 10.6 Å². The lowest BCUT2D eigenvalue weighted by Crippen LogP contribution is -2.35. The van der Waals surface area contributed by atoms with Crippen molar-refractivity contribution in [1.29, 1.82) is 0 Å². The first kappa shape index (κ1) is 20.5. The molecule has 0 saturated heterocycles. The maximum absolute atomic E-state index is 12.3. The molecule has 2 amide bonds. The van der Waals surface area contributed by atoms with Gasteiger partial charge in [0.2, 0.25) is 11.8 Å². The number of carbonyl (C=O) groups excluding carboxylic acids is 2. The molecule has 0 radical (unpaired) electrons. The summed E-state index contributed by atoms with van der Waals surface area (Å²) in [6, 6.07) is 5.68. The van der Waals surface area contributed by atoms with Crippen LogP contribution in [-0.2, 0) is 9.59 Å². The van der Waals surface area contributed by atoms with E-state index in [1.165, 1.54) is 0 Å². The number of aryl methyl sites for hydroxylation is 1. The van der Waals surface area contributed by atoms with Crippen LogP contribution in [0.1, 0.15) is 51.0 Å². The van der Waals surface area contributed by atoms with Crippen molar-refractivity contribution in [2.24, 2.45) is 11.7 Å². The van der Waals surface area contributed by atoms with Crippen molar-refractivity contribution in [2.45, 2.75) is 58.4 Å². The fraction of sp³-hybridized carbons (Fsp3) is 0.556. The molecule has 2 unspecified atom stereocenters. The number of hydrogen-bond donors (Lipinski definition) is 3. The SMILES string of the molecule is CCC(=O)Nc1ccc(C)c(NC(=O)CC2CCCCC2N)c1.Cl. The van der Waals surface area contributed by atoms with Gasteiger partial charge in [0.05, 0.1) is 0 Å². The average Bonchev–Trinajstić information content (AvgIpc) is 2.52. The lowest BCUT2D eigenvalue weighted by atomic mass is 9.83. The summed E-state index contributed by atoms with van der Waals surface area (Å²) in [7, 11) is 0. The van der Waals surface area contributed by atoms with Crippen LogP contribution >= 0.6 is 12.4 Å². The monoisotopic (exact) mass is 353 g/mol. The van der Waals surface area contributed by atoms with Crippen LogP contribution in [-0.4, -0.2) is 17.9 Å². The first-order chi connectivity index (χ1) is 11.0. The number of rotatable bonds is 5. The van der Waals surface area contributed by atoms with Gasteiger partial charge in [-0.2, -0.15) is 0 Å². The van der Waals surface area contributed by atoms with Gasteiger partial charge in [-0.05, 0) is 43.4 Å². The number of nitrogens with two attached hydrogens (primary N) is 1. The Labute approximate surface area is 150 Å². The summed E-state index contributed by atoms with van der Waals surface area (Å²) < 4.78 is 0. The van der Waals surface area contributed by atoms with E-state index in [-0.39, 0.29) is 36.2 Å². The molecule has 6 heteroatoms. The maximum Gasteiger partial charge on any atom is 0.224 e. The zero-order valence-corrected chi connectivity index (χ0v) is 15.2. The number of carbonyl (C=O) groups is 2. The van der Waals surface area contributed by atoms with E-state index in [1.807, 2.05) is 25.1 Å². The van der Waals surface area contributed by atoms with Gasteiger partial charge in [-0.15, -0.1) is 12.4 Å². The van der Waals surface area contributed by atoms with Crippen molar-refractivity contribution in [3.05, 3.63) is 23.8 Å². The zero-order chi connectivity index (χ0) is 16.8. The second-order valence-corrected chi connectivity index (χ2v) is 6.39. The molecule has 1 saturated carbocycles. The van der Waals surface area contributed by atoms with Crippen molar-refractivity contribution in [1.82, 2.24) is 0 Å². The van der Waals surface area contributed by atoms with Gasteiger partial charge in [0.1, 0.15) is 0 Å². The highest BCUT2D eigenvalue weighted by Crippen LogP contribution is 2.27. The van der Waals surface area contributed by atoms with E-state index in [4.69, 9.17) is 5.73 Å². The summed E-state index contributed by atoms with van der Waals surface area (Å²) in [4.78, 5) is 23.8. The third-order valence-electron chi connectivity index (χ3n) is 4.53. The normalized spacial score (nSPS) is 20.0. The van der Waals surface area contributed by atoms with E-state index in [0.29, 0.717) is 18.5 Å². The highest BCUT2D eigenvalue weighted by atomic mass is 35.5. The van der Waals surface area contributed by atoms with Crippen LogP contribution in [0.25, 0.3) is 0 Å². The highest BCUT2D eigenvalue weighted by molar-refractivity contribution is 5.94. The van der Waals surface area contributed by atoms with Crippen molar-refractivity contribution in [3.8, 4) is 0 Å². The fourth-order valence-corrected chi connectivity index (χ4v) is 3.01. The maximum atomic E-state index is 12.3. The molecule has 0 bridgehead atoms. The first-order valence-electron chi connectivity index (χ1n) is 8.45. The van der Waals surface area contributed by atoms with E-state index < -0.39 is 0 Å². The number of benzene rings is 1. The van der Waals surface area contributed by atoms with Gasteiger partial charge >= 0.3 is 0 Å². The minimum atomic E-state index is -0.0423. The van der Waals surface area contributed by atoms with Crippen LogP contribution in [0, 0.1) is 12.8 Å². The number of amides is 2. The molecule has 0 spiro atoms. The molecule has 1 aromatic carbocycles. The Balaban J connectivity index is 0.00000288. The summed E-state index contributed by atoms with van der Waals surface area (Å²) in [5.74, 6) is 0.223. The third kappa shape index (κ3) is 5.80. The summed E-state index contributed by atoms with van der Waals surface area (Å²) >= 11 is 0. The van der Waals surface area contributed by atoms with Crippen LogP contribution in [0.2, 0.25) is 0 Å². The van der Waals surface area contributed by atoms with Gasteiger partial charge in [-0.3, -0.25) is 9.59 Å². The van der Waals surface area contributed by atoms with E-state index in [1.54, 1.807) is 6.92 Å². The highest BCUT2D eigenvalue weighted by Gasteiger charge is 2.24. The van der Waals surface area contributed by atoms with Gasteiger partial charge in [0.25, 0.3) is 0 Å². The van der Waals surface area contributed by atoms with Gasteiger partial charge in [-0.1, -0.05) is 25.8 Å². The smallest absolute Gasteiger partial charge is 0.224 e. The van der Waals surface area contributed by atoms with Gasteiger partial charge in [0, 0.05) is 30.3 Å². The molecule has 1 aliphatic carbocycles. The largest absolute Gasteiger partial charge is 0.327 e.